The molecule has 6 heteroatoms. The van der Waals surface area contributed by atoms with E-state index in [0.29, 0.717) is 23.8 Å². The molecule has 1 heterocycles. The van der Waals surface area contributed by atoms with E-state index in [0.717, 1.165) is 28.9 Å². The first-order chi connectivity index (χ1) is 15.5. The number of hydrogen-bond acceptors (Lipinski definition) is 3. The summed E-state index contributed by atoms with van der Waals surface area (Å²) in [5.41, 5.74) is 2.63. The van der Waals surface area contributed by atoms with E-state index in [1.54, 1.807) is 31.2 Å². The summed E-state index contributed by atoms with van der Waals surface area (Å²) in [6, 6.07) is 10.3. The van der Waals surface area contributed by atoms with Crippen molar-refractivity contribution in [3.63, 3.8) is 0 Å². The van der Waals surface area contributed by atoms with Crippen LogP contribution in [0.15, 0.2) is 36.4 Å². The van der Waals surface area contributed by atoms with Crippen LogP contribution in [-0.2, 0) is 15.6 Å². The number of nitrogens with zero attached hydrogens (tertiary/aromatic N) is 1. The van der Waals surface area contributed by atoms with E-state index in [-0.39, 0.29) is 24.6 Å². The van der Waals surface area contributed by atoms with Crippen LogP contribution < -0.4 is 0 Å². The number of hydrogen-bond donors (Lipinski definition) is 3. The zero-order valence-electron chi connectivity index (χ0n) is 20.1. The number of carboxylic acids is 1. The van der Waals surface area contributed by atoms with Crippen LogP contribution in [0.1, 0.15) is 70.2 Å². The molecule has 0 radical (unpaired) electrons. The first-order valence-corrected chi connectivity index (χ1v) is 11.4. The molecule has 0 aliphatic rings. The molecule has 33 heavy (non-hydrogen) atoms. The van der Waals surface area contributed by atoms with Gasteiger partial charge < -0.3 is 19.9 Å². The zero-order chi connectivity index (χ0) is 24.6. The second-order valence-corrected chi connectivity index (χ2v) is 9.87. The van der Waals surface area contributed by atoms with Gasteiger partial charge in [-0.3, -0.25) is 4.79 Å². The molecule has 2 aromatic carbocycles. The minimum atomic E-state index is -0.837. The number of fused-ring (bicyclic) bond motifs is 1. The van der Waals surface area contributed by atoms with Gasteiger partial charge in [-0.2, -0.15) is 0 Å². The number of benzene rings is 2. The molecule has 3 rings (SSSR count). The van der Waals surface area contributed by atoms with Crippen molar-refractivity contribution in [2.75, 3.05) is 6.61 Å². The normalized spacial score (nSPS) is 13.9. The van der Waals surface area contributed by atoms with Crippen LogP contribution in [0.3, 0.4) is 0 Å². The number of aromatic nitrogens is 1. The van der Waals surface area contributed by atoms with Gasteiger partial charge in [-0.05, 0) is 73.1 Å². The van der Waals surface area contributed by atoms with E-state index < -0.39 is 16.8 Å². The Morgan fingerprint density at radius 1 is 1.15 bits per heavy atom. The molecule has 3 N–H and O–H groups in total. The van der Waals surface area contributed by atoms with Crippen LogP contribution >= 0.6 is 0 Å². The monoisotopic (exact) mass is 455 g/mol. The Morgan fingerprint density at radius 2 is 1.85 bits per heavy atom. The highest BCUT2D eigenvalue weighted by atomic mass is 19.1. The summed E-state index contributed by atoms with van der Waals surface area (Å²) in [5, 5.41) is 31.3. The molecule has 1 atom stereocenters. The van der Waals surface area contributed by atoms with E-state index in [4.69, 9.17) is 0 Å². The van der Waals surface area contributed by atoms with Gasteiger partial charge in [0.2, 0.25) is 0 Å². The summed E-state index contributed by atoms with van der Waals surface area (Å²) < 4.78 is 16.1. The van der Waals surface area contributed by atoms with Gasteiger partial charge in [0.15, 0.2) is 0 Å². The molecular weight excluding hydrogens is 421 g/mol. The Labute approximate surface area is 194 Å². The maximum Gasteiger partial charge on any atom is 0.303 e. The number of aromatic hydroxyl groups is 1. The van der Waals surface area contributed by atoms with Crippen molar-refractivity contribution in [2.24, 2.45) is 0 Å². The Hall–Kier alpha value is -2.86. The summed E-state index contributed by atoms with van der Waals surface area (Å²) in [6.07, 6.45) is 1.89. The van der Waals surface area contributed by atoms with Crippen molar-refractivity contribution >= 4 is 16.9 Å². The summed E-state index contributed by atoms with van der Waals surface area (Å²) in [6.45, 7) is 9.62. The van der Waals surface area contributed by atoms with E-state index in [1.807, 2.05) is 24.5 Å². The summed E-state index contributed by atoms with van der Waals surface area (Å²) in [4.78, 5) is 11.2. The fourth-order valence-corrected chi connectivity index (χ4v) is 4.77. The minimum Gasteiger partial charge on any atom is -0.507 e. The lowest BCUT2D eigenvalue weighted by atomic mass is 9.71. The number of aliphatic hydroxyl groups excluding tert-OH is 1. The largest absolute Gasteiger partial charge is 0.507 e. The summed E-state index contributed by atoms with van der Waals surface area (Å²) in [5.74, 6) is -1.00. The highest BCUT2D eigenvalue weighted by molar-refractivity contribution is 5.94. The lowest BCUT2D eigenvalue weighted by Crippen LogP contribution is -2.32. The molecule has 0 saturated carbocycles. The average molecular weight is 456 g/mol. The first-order valence-electron chi connectivity index (χ1n) is 11.4. The predicted octanol–water partition coefficient (Wildman–Crippen LogP) is 5.98. The summed E-state index contributed by atoms with van der Waals surface area (Å²) >= 11 is 0. The Morgan fingerprint density at radius 3 is 2.42 bits per heavy atom. The molecule has 0 saturated heterocycles. The first kappa shape index (κ1) is 24.8. The molecule has 1 aromatic heterocycles. The topological polar surface area (TPSA) is 82.7 Å². The van der Waals surface area contributed by atoms with Crippen molar-refractivity contribution in [3.8, 4) is 11.4 Å². The molecule has 178 valence electrons. The van der Waals surface area contributed by atoms with Crippen LogP contribution in [-0.4, -0.2) is 32.5 Å². The number of halogens is 1. The number of phenolic OH excluding ortho intramolecular Hbond substituents is 1. The Balaban J connectivity index is 2.45. The second-order valence-electron chi connectivity index (χ2n) is 9.87. The fraction of sp³-hybridized carbons (Fsp3) is 0.444. The Bertz CT molecular complexity index is 1180. The highest BCUT2D eigenvalue weighted by Gasteiger charge is 2.39. The third-order valence-corrected chi connectivity index (χ3v) is 6.91. The van der Waals surface area contributed by atoms with E-state index in [1.165, 1.54) is 6.07 Å². The molecule has 0 amide bonds. The third kappa shape index (κ3) is 4.49. The molecule has 0 fully saturated rings. The number of rotatable bonds is 9. The fourth-order valence-electron chi connectivity index (χ4n) is 4.77. The van der Waals surface area contributed by atoms with Crippen LogP contribution in [0.4, 0.5) is 4.39 Å². The maximum atomic E-state index is 14.1. The standard InChI is InChI=1S/C27H34FNO4/c1-6-27(5,14-8-11-22(32)33)24-23-20(9-7-10-21(23)31)29(25(24)26(3,4)16-30)18-12-13-19(28)17(2)15-18/h7,9-10,12-13,15,30-31H,6,8,11,14,16H2,1-5H3,(H,32,33)/t27-/m0/s1. The number of aryl methyl sites for hydroxylation is 1. The SMILES string of the molecule is CC[C@@](C)(CCCC(=O)O)c1c(C(C)(C)CO)n(-c2ccc(F)c(C)c2)c2cccc(O)c12. The second kappa shape index (κ2) is 9.18. The van der Waals surface area contributed by atoms with Gasteiger partial charge >= 0.3 is 5.97 Å². The van der Waals surface area contributed by atoms with Gasteiger partial charge in [-0.1, -0.05) is 33.8 Å². The average Bonchev–Trinajstić information content (AvgIpc) is 3.13. The molecule has 3 aromatic rings. The van der Waals surface area contributed by atoms with Crippen LogP contribution in [0.5, 0.6) is 5.75 Å². The van der Waals surface area contributed by atoms with E-state index >= 15 is 0 Å². The molecule has 0 unspecified atom stereocenters. The van der Waals surface area contributed by atoms with Gasteiger partial charge in [0.1, 0.15) is 11.6 Å². The maximum absolute atomic E-state index is 14.1. The number of phenols is 1. The van der Waals surface area contributed by atoms with E-state index in [9.17, 15) is 24.5 Å². The Kier molecular flexibility index (Phi) is 6.89. The van der Waals surface area contributed by atoms with Gasteiger partial charge in [0.05, 0.1) is 12.1 Å². The number of aliphatic hydroxyl groups is 1. The lowest BCUT2D eigenvalue weighted by molar-refractivity contribution is -0.137. The number of aliphatic carboxylic acids is 1. The third-order valence-electron chi connectivity index (χ3n) is 6.91. The smallest absolute Gasteiger partial charge is 0.303 e. The molecule has 0 spiro atoms. The van der Waals surface area contributed by atoms with E-state index in [2.05, 4.69) is 13.8 Å². The number of carboxylic acid groups (broad SMARTS) is 1. The predicted molar refractivity (Wildman–Crippen MR) is 129 cm³/mol. The minimum absolute atomic E-state index is 0.0656. The van der Waals surface area contributed by atoms with Crippen molar-refractivity contribution in [3.05, 3.63) is 59.0 Å². The highest BCUT2D eigenvalue weighted by Crippen LogP contribution is 2.48. The molecular formula is C27H34FNO4. The van der Waals surface area contributed by atoms with Crippen molar-refractivity contribution in [1.82, 2.24) is 4.57 Å². The molecule has 5 nitrogen and oxygen atoms in total. The van der Waals surface area contributed by atoms with Gasteiger partial charge in [-0.15, -0.1) is 0 Å². The van der Waals surface area contributed by atoms with Crippen molar-refractivity contribution in [1.29, 1.82) is 0 Å². The van der Waals surface area contributed by atoms with Crippen molar-refractivity contribution < 1.29 is 24.5 Å². The summed E-state index contributed by atoms with van der Waals surface area (Å²) in [7, 11) is 0. The number of carbonyl (C=O) groups is 1. The molecule has 0 aliphatic heterocycles. The molecule has 0 aliphatic carbocycles. The van der Waals surface area contributed by atoms with Gasteiger partial charge in [-0.25, -0.2) is 4.39 Å². The van der Waals surface area contributed by atoms with Gasteiger partial charge in [0.25, 0.3) is 0 Å². The zero-order valence-corrected chi connectivity index (χ0v) is 20.1. The quantitative estimate of drug-likeness (QED) is 0.371. The lowest BCUT2D eigenvalue weighted by Gasteiger charge is -2.35. The van der Waals surface area contributed by atoms with Crippen LogP contribution in [0.2, 0.25) is 0 Å². The molecule has 0 bridgehead atoms. The van der Waals surface area contributed by atoms with Gasteiger partial charge in [0, 0.05) is 28.6 Å². The van der Waals surface area contributed by atoms with Crippen LogP contribution in [0.25, 0.3) is 16.6 Å². The van der Waals surface area contributed by atoms with Crippen LogP contribution in [0, 0.1) is 12.7 Å². The van der Waals surface area contributed by atoms with Crippen molar-refractivity contribution in [2.45, 2.75) is 71.1 Å².